The quantitative estimate of drug-likeness (QED) is 0.798. The molecular weight excluding hydrogens is 314 g/mol. The van der Waals surface area contributed by atoms with E-state index in [1.165, 1.54) is 0 Å². The topological polar surface area (TPSA) is 39.7 Å². The van der Waals surface area contributed by atoms with Crippen LogP contribution in [0.5, 0.6) is 11.5 Å². The van der Waals surface area contributed by atoms with E-state index in [1.54, 1.807) is 14.2 Å². The highest BCUT2D eigenvalue weighted by molar-refractivity contribution is 6.30. The zero-order chi connectivity index (χ0) is 16.7. The maximum Gasteiger partial charge on any atom is 0.162 e. The van der Waals surface area contributed by atoms with Crippen LogP contribution < -0.4 is 14.8 Å². The summed E-state index contributed by atoms with van der Waals surface area (Å²) in [4.78, 5) is 0. The van der Waals surface area contributed by atoms with Crippen molar-refractivity contribution in [2.45, 2.75) is 12.2 Å². The lowest BCUT2D eigenvalue weighted by atomic mass is 10.0. The molecule has 4 nitrogen and oxygen atoms in total. The molecular formula is C18H22ClNO3. The van der Waals surface area contributed by atoms with Gasteiger partial charge in [-0.3, -0.25) is 0 Å². The Bertz CT molecular complexity index is 621. The molecule has 0 heterocycles. The molecule has 0 saturated heterocycles. The van der Waals surface area contributed by atoms with Crippen molar-refractivity contribution in [2.24, 2.45) is 0 Å². The summed E-state index contributed by atoms with van der Waals surface area (Å²) in [7, 11) is 5.17. The fourth-order valence-electron chi connectivity index (χ4n) is 2.41. The Hall–Kier alpha value is -1.75. The van der Waals surface area contributed by atoms with Crippen LogP contribution in [0.2, 0.25) is 5.02 Å². The first-order chi connectivity index (χ1) is 11.2. The number of benzene rings is 2. The summed E-state index contributed by atoms with van der Waals surface area (Å²) in [6.07, 6.45) is -0.495. The average Bonchev–Trinajstić information content (AvgIpc) is 2.58. The molecule has 2 atom stereocenters. The van der Waals surface area contributed by atoms with Gasteiger partial charge in [0.2, 0.25) is 0 Å². The van der Waals surface area contributed by atoms with Crippen LogP contribution in [0.3, 0.4) is 0 Å². The van der Waals surface area contributed by atoms with Crippen molar-refractivity contribution in [1.82, 2.24) is 5.32 Å². The van der Waals surface area contributed by atoms with Crippen LogP contribution in [-0.4, -0.2) is 33.9 Å². The fourth-order valence-corrected chi connectivity index (χ4v) is 2.61. The Morgan fingerprint density at radius 1 is 1.04 bits per heavy atom. The second kappa shape index (κ2) is 8.77. The van der Waals surface area contributed by atoms with Gasteiger partial charge in [-0.25, -0.2) is 0 Å². The van der Waals surface area contributed by atoms with Crippen molar-refractivity contribution < 1.29 is 14.2 Å². The van der Waals surface area contributed by atoms with Gasteiger partial charge in [0.1, 0.15) is 6.10 Å². The summed E-state index contributed by atoms with van der Waals surface area (Å²) in [6, 6.07) is 15.2. The summed E-state index contributed by atoms with van der Waals surface area (Å²) < 4.78 is 17.2. The van der Waals surface area contributed by atoms with Gasteiger partial charge in [0.15, 0.2) is 17.6 Å². The maximum absolute atomic E-state index is 6.23. The molecule has 2 rings (SSSR count). The lowest BCUT2D eigenvalue weighted by Crippen LogP contribution is -2.34. The molecule has 23 heavy (non-hydrogen) atoms. The molecule has 0 bridgehead atoms. The molecule has 124 valence electrons. The van der Waals surface area contributed by atoms with E-state index in [9.17, 15) is 0 Å². The predicted octanol–water partition coefficient (Wildman–Crippen LogP) is 3.70. The summed E-state index contributed by atoms with van der Waals surface area (Å²) in [5.41, 5.74) is 0.950. The SMILES string of the molecule is CNCC(OC)C(Oc1ccccc1OC)c1cccc(Cl)c1. The second-order valence-electron chi connectivity index (χ2n) is 5.08. The van der Waals surface area contributed by atoms with Crippen LogP contribution in [0, 0.1) is 0 Å². The molecule has 1 N–H and O–H groups in total. The molecule has 0 amide bonds. The number of rotatable bonds is 8. The Balaban J connectivity index is 2.36. The van der Waals surface area contributed by atoms with Crippen LogP contribution in [0.4, 0.5) is 0 Å². The van der Waals surface area contributed by atoms with E-state index in [0.29, 0.717) is 23.1 Å². The maximum atomic E-state index is 6.23. The third kappa shape index (κ3) is 4.61. The van der Waals surface area contributed by atoms with E-state index in [0.717, 1.165) is 5.56 Å². The first-order valence-corrected chi connectivity index (χ1v) is 7.80. The minimum absolute atomic E-state index is 0.177. The van der Waals surface area contributed by atoms with E-state index in [-0.39, 0.29) is 12.2 Å². The summed E-state index contributed by atoms with van der Waals surface area (Å²) in [5.74, 6) is 1.34. The lowest BCUT2D eigenvalue weighted by molar-refractivity contribution is 0.00158. The molecule has 5 heteroatoms. The predicted molar refractivity (Wildman–Crippen MR) is 92.5 cm³/mol. The second-order valence-corrected chi connectivity index (χ2v) is 5.51. The third-order valence-electron chi connectivity index (χ3n) is 3.55. The summed E-state index contributed by atoms with van der Waals surface area (Å²) in [5, 5.41) is 3.79. The number of hydrogen-bond donors (Lipinski definition) is 1. The molecule has 0 aliphatic heterocycles. The van der Waals surface area contributed by atoms with Gasteiger partial charge in [0.05, 0.1) is 7.11 Å². The number of nitrogens with one attached hydrogen (secondary N) is 1. The first-order valence-electron chi connectivity index (χ1n) is 7.42. The number of methoxy groups -OCH3 is 2. The normalized spacial score (nSPS) is 13.4. The van der Waals surface area contributed by atoms with Gasteiger partial charge in [-0.15, -0.1) is 0 Å². The zero-order valence-electron chi connectivity index (χ0n) is 13.6. The van der Waals surface area contributed by atoms with Gasteiger partial charge in [0.25, 0.3) is 0 Å². The number of ether oxygens (including phenoxy) is 3. The van der Waals surface area contributed by atoms with Gasteiger partial charge < -0.3 is 19.5 Å². The van der Waals surface area contributed by atoms with E-state index in [2.05, 4.69) is 5.32 Å². The van der Waals surface area contributed by atoms with E-state index < -0.39 is 0 Å². The number of likely N-dealkylation sites (N-methyl/N-ethyl adjacent to an activating group) is 1. The standard InChI is InChI=1S/C18H22ClNO3/c1-20-12-17(22-3)18(13-7-6-8-14(19)11-13)23-16-10-5-4-9-15(16)21-2/h4-11,17-18,20H,12H2,1-3H3. The van der Waals surface area contributed by atoms with Crippen molar-refractivity contribution in [2.75, 3.05) is 27.8 Å². The Morgan fingerprint density at radius 2 is 1.78 bits per heavy atom. The molecule has 0 aliphatic rings. The van der Waals surface area contributed by atoms with Gasteiger partial charge in [-0.05, 0) is 36.9 Å². The van der Waals surface area contributed by atoms with Crippen molar-refractivity contribution in [3.63, 3.8) is 0 Å². The van der Waals surface area contributed by atoms with E-state index in [1.807, 2.05) is 55.6 Å². The number of halogens is 1. The first kappa shape index (κ1) is 17.6. The van der Waals surface area contributed by atoms with Crippen LogP contribution in [0.25, 0.3) is 0 Å². The van der Waals surface area contributed by atoms with Crippen LogP contribution >= 0.6 is 11.6 Å². The molecule has 2 aromatic carbocycles. The van der Waals surface area contributed by atoms with E-state index in [4.69, 9.17) is 25.8 Å². The highest BCUT2D eigenvalue weighted by Crippen LogP contribution is 2.33. The molecule has 2 unspecified atom stereocenters. The van der Waals surface area contributed by atoms with Gasteiger partial charge in [-0.1, -0.05) is 35.9 Å². The Labute approximate surface area is 142 Å². The molecule has 0 radical (unpaired) electrons. The average molecular weight is 336 g/mol. The van der Waals surface area contributed by atoms with Crippen molar-refractivity contribution in [1.29, 1.82) is 0 Å². The van der Waals surface area contributed by atoms with Crippen LogP contribution in [0.1, 0.15) is 11.7 Å². The Kier molecular flexibility index (Phi) is 6.71. The molecule has 2 aromatic rings. The smallest absolute Gasteiger partial charge is 0.162 e. The van der Waals surface area contributed by atoms with Crippen molar-refractivity contribution in [3.8, 4) is 11.5 Å². The fraction of sp³-hybridized carbons (Fsp3) is 0.333. The van der Waals surface area contributed by atoms with Gasteiger partial charge >= 0.3 is 0 Å². The van der Waals surface area contributed by atoms with Crippen LogP contribution in [-0.2, 0) is 4.74 Å². The minimum atomic E-state index is -0.317. The largest absolute Gasteiger partial charge is 0.493 e. The monoisotopic (exact) mass is 335 g/mol. The highest BCUT2D eigenvalue weighted by atomic mass is 35.5. The Morgan fingerprint density at radius 3 is 2.39 bits per heavy atom. The van der Waals surface area contributed by atoms with Crippen molar-refractivity contribution >= 4 is 11.6 Å². The van der Waals surface area contributed by atoms with Crippen molar-refractivity contribution in [3.05, 3.63) is 59.1 Å². The van der Waals surface area contributed by atoms with Gasteiger partial charge in [-0.2, -0.15) is 0 Å². The number of hydrogen-bond acceptors (Lipinski definition) is 4. The highest BCUT2D eigenvalue weighted by Gasteiger charge is 2.26. The molecule has 0 aromatic heterocycles. The number of para-hydroxylation sites is 2. The molecule has 0 saturated carbocycles. The molecule has 0 aliphatic carbocycles. The summed E-state index contributed by atoms with van der Waals surface area (Å²) in [6.45, 7) is 0.642. The summed E-state index contributed by atoms with van der Waals surface area (Å²) >= 11 is 6.14. The lowest BCUT2D eigenvalue weighted by Gasteiger charge is -2.28. The molecule has 0 spiro atoms. The molecule has 0 fully saturated rings. The third-order valence-corrected chi connectivity index (χ3v) is 3.78. The van der Waals surface area contributed by atoms with E-state index >= 15 is 0 Å². The van der Waals surface area contributed by atoms with Crippen LogP contribution in [0.15, 0.2) is 48.5 Å². The van der Waals surface area contributed by atoms with Gasteiger partial charge in [0, 0.05) is 18.7 Å². The zero-order valence-corrected chi connectivity index (χ0v) is 14.3. The minimum Gasteiger partial charge on any atom is -0.493 e.